The first-order valence-electron chi connectivity index (χ1n) is 13.4. The van der Waals surface area contributed by atoms with Crippen molar-refractivity contribution in [1.82, 2.24) is 14.3 Å². The summed E-state index contributed by atoms with van der Waals surface area (Å²) in [5, 5.41) is 13.9. The van der Waals surface area contributed by atoms with Crippen LogP contribution < -0.4 is 20.3 Å². The third-order valence-corrected chi connectivity index (χ3v) is 7.07. The van der Waals surface area contributed by atoms with Crippen molar-refractivity contribution in [2.45, 2.75) is 33.4 Å². The maximum absolute atomic E-state index is 15.2. The average Bonchev–Trinajstić information content (AvgIpc) is 3.23. The van der Waals surface area contributed by atoms with Gasteiger partial charge in [-0.1, -0.05) is 32.0 Å². The van der Waals surface area contributed by atoms with Crippen molar-refractivity contribution in [2.24, 2.45) is 5.92 Å². The number of nitrogens with zero attached hydrogens (tertiary/aromatic N) is 3. The molecule has 216 valence electrons. The van der Waals surface area contributed by atoms with Crippen LogP contribution >= 0.6 is 0 Å². The Labute approximate surface area is 241 Å². The molecule has 0 fully saturated rings. The summed E-state index contributed by atoms with van der Waals surface area (Å²) >= 11 is 0. The molecule has 5 aromatic rings. The van der Waals surface area contributed by atoms with Gasteiger partial charge in [-0.05, 0) is 55.3 Å². The lowest BCUT2D eigenvalue weighted by Crippen LogP contribution is -2.29. The van der Waals surface area contributed by atoms with Gasteiger partial charge in [0.15, 0.2) is 11.6 Å². The van der Waals surface area contributed by atoms with Crippen LogP contribution in [0.4, 0.5) is 10.1 Å². The van der Waals surface area contributed by atoms with Gasteiger partial charge in [-0.2, -0.15) is 0 Å². The smallest absolute Gasteiger partial charge is 0.284 e. The molecule has 0 radical (unpaired) electrons. The fraction of sp³-hybridized carbons (Fsp3) is 0.219. The number of aromatic nitrogens is 3. The molecule has 10 heteroatoms. The van der Waals surface area contributed by atoms with Gasteiger partial charge in [0.1, 0.15) is 17.1 Å². The lowest BCUT2D eigenvalue weighted by atomic mass is 10.1. The maximum Gasteiger partial charge on any atom is 0.284 e. The number of nitrogens with one attached hydrogen (secondary N) is 1. The molecule has 3 aromatic carbocycles. The first kappa shape index (κ1) is 28.6. The summed E-state index contributed by atoms with van der Waals surface area (Å²) in [6, 6.07) is 19.8. The van der Waals surface area contributed by atoms with E-state index < -0.39 is 23.4 Å². The minimum atomic E-state index is -0.748. The van der Waals surface area contributed by atoms with Gasteiger partial charge in [-0.15, -0.1) is 0 Å². The number of hydrogen-bond donors (Lipinski definition) is 2. The molecule has 0 spiro atoms. The molecule has 2 heterocycles. The predicted octanol–water partition coefficient (Wildman–Crippen LogP) is 5.70. The molecule has 2 aromatic heterocycles. The molecule has 0 aliphatic heterocycles. The molecule has 0 saturated heterocycles. The highest BCUT2D eigenvalue weighted by atomic mass is 19.1. The van der Waals surface area contributed by atoms with Crippen LogP contribution in [0.5, 0.6) is 17.2 Å². The van der Waals surface area contributed by atoms with Crippen LogP contribution in [0, 0.1) is 18.7 Å². The van der Waals surface area contributed by atoms with Crippen LogP contribution in [0.3, 0.4) is 0 Å². The minimum Gasteiger partial charge on any atom is -0.497 e. The summed E-state index contributed by atoms with van der Waals surface area (Å²) in [7, 11) is 1.56. The predicted molar refractivity (Wildman–Crippen MR) is 158 cm³/mol. The lowest BCUT2D eigenvalue weighted by Gasteiger charge is -2.19. The Morgan fingerprint density at radius 3 is 2.50 bits per heavy atom. The molecule has 1 amide bonds. The molecule has 0 saturated carbocycles. The first-order valence-corrected chi connectivity index (χ1v) is 13.4. The molecule has 1 atom stereocenters. The van der Waals surface area contributed by atoms with Gasteiger partial charge < -0.3 is 19.9 Å². The fourth-order valence-corrected chi connectivity index (χ4v) is 4.63. The van der Waals surface area contributed by atoms with E-state index in [-0.39, 0.29) is 29.5 Å². The Balaban J connectivity index is 1.43. The SMILES string of the molecule is COc1ccc2c(Oc3ccc(NC(=O)c4c(C)n(C[C@@H](O)C(C)C)n(-c5ccccc5)c4=O)cc3F)ccnc2c1. The van der Waals surface area contributed by atoms with E-state index in [1.165, 1.54) is 16.8 Å². The Bertz CT molecular complexity index is 1810. The van der Waals surface area contributed by atoms with Crippen LogP contribution in [0.15, 0.2) is 83.8 Å². The van der Waals surface area contributed by atoms with E-state index in [0.29, 0.717) is 33.8 Å². The number of benzene rings is 3. The number of rotatable bonds is 9. The third kappa shape index (κ3) is 5.61. The number of anilines is 1. The second-order valence-electron chi connectivity index (χ2n) is 10.2. The van der Waals surface area contributed by atoms with E-state index in [0.717, 1.165) is 6.07 Å². The van der Waals surface area contributed by atoms with Gasteiger partial charge in [-0.25, -0.2) is 9.07 Å². The summed E-state index contributed by atoms with van der Waals surface area (Å²) in [5.41, 5.74) is 1.05. The van der Waals surface area contributed by atoms with E-state index in [2.05, 4.69) is 10.3 Å². The van der Waals surface area contributed by atoms with Crippen molar-refractivity contribution in [3.63, 3.8) is 0 Å². The monoisotopic (exact) mass is 570 g/mol. The van der Waals surface area contributed by atoms with E-state index in [4.69, 9.17) is 9.47 Å². The normalized spacial score (nSPS) is 12.0. The van der Waals surface area contributed by atoms with Gasteiger partial charge in [-0.3, -0.25) is 19.3 Å². The van der Waals surface area contributed by atoms with Crippen molar-refractivity contribution < 1.29 is 23.8 Å². The maximum atomic E-state index is 15.2. The van der Waals surface area contributed by atoms with E-state index in [1.54, 1.807) is 73.4 Å². The highest BCUT2D eigenvalue weighted by Gasteiger charge is 2.26. The van der Waals surface area contributed by atoms with Gasteiger partial charge in [0, 0.05) is 29.4 Å². The average molecular weight is 571 g/mol. The number of aliphatic hydroxyl groups excluding tert-OH is 1. The Morgan fingerprint density at radius 2 is 1.81 bits per heavy atom. The Morgan fingerprint density at radius 1 is 1.05 bits per heavy atom. The number of carbonyl (C=O) groups excluding carboxylic acids is 1. The molecule has 2 N–H and O–H groups in total. The second kappa shape index (κ2) is 11.9. The summed E-state index contributed by atoms with van der Waals surface area (Å²) < 4.78 is 29.2. The van der Waals surface area contributed by atoms with Crippen molar-refractivity contribution >= 4 is 22.5 Å². The summed E-state index contributed by atoms with van der Waals surface area (Å²) in [4.78, 5) is 31.3. The van der Waals surface area contributed by atoms with E-state index in [1.807, 2.05) is 19.9 Å². The molecular weight excluding hydrogens is 539 g/mol. The third-order valence-electron chi connectivity index (χ3n) is 7.07. The fourth-order valence-electron chi connectivity index (χ4n) is 4.63. The van der Waals surface area contributed by atoms with Crippen molar-refractivity contribution in [1.29, 1.82) is 0 Å². The lowest BCUT2D eigenvalue weighted by molar-refractivity contribution is 0.0987. The second-order valence-corrected chi connectivity index (χ2v) is 10.2. The van der Waals surface area contributed by atoms with Gasteiger partial charge in [0.25, 0.3) is 11.5 Å². The number of pyridine rings is 1. The van der Waals surface area contributed by atoms with Gasteiger partial charge >= 0.3 is 0 Å². The van der Waals surface area contributed by atoms with Crippen molar-refractivity contribution in [3.8, 4) is 22.9 Å². The number of methoxy groups -OCH3 is 1. The number of hydrogen-bond acceptors (Lipinski definition) is 6. The zero-order valence-electron chi connectivity index (χ0n) is 23.7. The first-order chi connectivity index (χ1) is 20.2. The molecule has 0 bridgehead atoms. The topological polar surface area (TPSA) is 108 Å². The Kier molecular flexibility index (Phi) is 8.08. The Hall–Kier alpha value is -4.96. The number of fused-ring (bicyclic) bond motifs is 1. The van der Waals surface area contributed by atoms with Crippen LogP contribution in [0.1, 0.15) is 29.9 Å². The molecular formula is C32H31FN4O5. The summed E-state index contributed by atoms with van der Waals surface area (Å²) in [6.07, 6.45) is 0.808. The molecule has 0 aliphatic rings. The standard InChI is InChI=1S/C32H31FN4O5/c1-19(2)27(38)18-36-20(3)30(32(40)37(36)22-8-6-5-7-9-22)31(39)35-21-10-13-29(25(33)16-21)42-28-14-15-34-26-17-23(41-4)11-12-24(26)28/h5-17,19,27,38H,18H2,1-4H3,(H,35,39)/t27-/m1/s1. The number of halogens is 1. The largest absolute Gasteiger partial charge is 0.497 e. The van der Waals surface area contributed by atoms with E-state index in [9.17, 15) is 14.7 Å². The molecule has 5 rings (SSSR count). The highest BCUT2D eigenvalue weighted by molar-refractivity contribution is 6.05. The molecule has 0 unspecified atom stereocenters. The zero-order chi connectivity index (χ0) is 30.0. The van der Waals surface area contributed by atoms with Crippen molar-refractivity contribution in [2.75, 3.05) is 12.4 Å². The zero-order valence-corrected chi connectivity index (χ0v) is 23.7. The number of carbonyl (C=O) groups is 1. The molecule has 42 heavy (non-hydrogen) atoms. The summed E-state index contributed by atoms with van der Waals surface area (Å²) in [5.74, 6) is -0.478. The number of ether oxygens (including phenoxy) is 2. The quantitative estimate of drug-likeness (QED) is 0.235. The molecule has 0 aliphatic carbocycles. The van der Waals surface area contributed by atoms with Crippen LogP contribution in [0.25, 0.3) is 16.6 Å². The number of aliphatic hydroxyl groups is 1. The number of amides is 1. The highest BCUT2D eigenvalue weighted by Crippen LogP contribution is 2.33. The summed E-state index contributed by atoms with van der Waals surface area (Å²) in [6.45, 7) is 5.50. The van der Waals surface area contributed by atoms with Crippen LogP contribution in [-0.2, 0) is 6.54 Å². The van der Waals surface area contributed by atoms with Gasteiger partial charge in [0.05, 0.1) is 36.7 Å². The molecule has 9 nitrogen and oxygen atoms in total. The van der Waals surface area contributed by atoms with Crippen molar-refractivity contribution in [3.05, 3.63) is 106 Å². The number of para-hydroxylation sites is 1. The van der Waals surface area contributed by atoms with E-state index >= 15 is 4.39 Å². The minimum absolute atomic E-state index is 0.0484. The van der Waals surface area contributed by atoms with Gasteiger partial charge in [0.2, 0.25) is 0 Å². The van der Waals surface area contributed by atoms with Crippen LogP contribution in [-0.4, -0.2) is 38.6 Å². The van der Waals surface area contributed by atoms with Crippen LogP contribution in [0.2, 0.25) is 0 Å².